The van der Waals surface area contributed by atoms with Crippen LogP contribution in [0.3, 0.4) is 0 Å². The molecule has 1 N–H and O–H groups in total. The number of hydrogen-bond acceptors (Lipinski definition) is 3. The molecule has 0 aliphatic rings. The fraction of sp³-hybridized carbons (Fsp3) is 0.143. The van der Waals surface area contributed by atoms with Gasteiger partial charge >= 0.3 is 0 Å². The van der Waals surface area contributed by atoms with Crippen LogP contribution >= 0.6 is 15.9 Å². The summed E-state index contributed by atoms with van der Waals surface area (Å²) in [6.07, 6.45) is 0. The first-order valence-electron chi connectivity index (χ1n) is 3.19. The second-order valence-electron chi connectivity index (χ2n) is 2.24. The van der Waals surface area contributed by atoms with E-state index in [0.717, 1.165) is 0 Å². The number of nitrogens with zero attached hydrogens (tertiary/aromatic N) is 1. The van der Waals surface area contributed by atoms with Crippen LogP contribution in [0.5, 0.6) is 5.75 Å². The van der Waals surface area contributed by atoms with E-state index in [-0.39, 0.29) is 12.3 Å². The highest BCUT2D eigenvalue weighted by Gasteiger charge is 2.08. The third kappa shape index (κ3) is 1.94. The van der Waals surface area contributed by atoms with E-state index in [2.05, 4.69) is 15.9 Å². The Hall–Kier alpha value is -1.10. The molecule has 0 saturated heterocycles. The third-order valence-corrected chi connectivity index (χ3v) is 2.27. The molecule has 0 saturated carbocycles. The lowest BCUT2D eigenvalue weighted by molar-refractivity contribution is -0.497. The number of benzene rings is 1. The molecule has 0 atom stereocenters. The summed E-state index contributed by atoms with van der Waals surface area (Å²) in [5.41, 5.74) is 0.472. The Morgan fingerprint density at radius 1 is 1.58 bits per heavy atom. The second kappa shape index (κ2) is 3.53. The van der Waals surface area contributed by atoms with E-state index < -0.39 is 4.92 Å². The van der Waals surface area contributed by atoms with Crippen LogP contribution in [-0.4, -0.2) is 10.0 Å². The molecule has 0 bridgehead atoms. The summed E-state index contributed by atoms with van der Waals surface area (Å²) in [6.45, 7) is -0.283. The minimum Gasteiger partial charge on any atom is -0.507 e. The van der Waals surface area contributed by atoms with Crippen LogP contribution in [0.25, 0.3) is 0 Å². The largest absolute Gasteiger partial charge is 0.507 e. The molecule has 12 heavy (non-hydrogen) atoms. The van der Waals surface area contributed by atoms with E-state index in [4.69, 9.17) is 5.11 Å². The zero-order valence-electron chi connectivity index (χ0n) is 6.03. The predicted octanol–water partition coefficient (Wildman–Crippen LogP) is 1.93. The molecule has 64 valence electrons. The number of aromatic hydroxyl groups is 1. The summed E-state index contributed by atoms with van der Waals surface area (Å²) in [7, 11) is 0. The zero-order valence-corrected chi connectivity index (χ0v) is 7.61. The van der Waals surface area contributed by atoms with Crippen LogP contribution in [0, 0.1) is 10.1 Å². The standard InChI is InChI=1S/C7H6BrNO3/c8-7-5(4-9(11)12)2-1-3-6(7)10/h1-3,10H,4H2. The Balaban J connectivity index is 3.00. The molecular weight excluding hydrogens is 226 g/mol. The van der Waals surface area contributed by atoms with Crippen LogP contribution in [0.2, 0.25) is 0 Å². The van der Waals surface area contributed by atoms with Crippen LogP contribution < -0.4 is 0 Å². The Morgan fingerprint density at radius 3 is 2.83 bits per heavy atom. The fourth-order valence-corrected chi connectivity index (χ4v) is 1.22. The molecule has 1 aromatic rings. The van der Waals surface area contributed by atoms with Gasteiger partial charge in [0, 0.05) is 10.5 Å². The fourth-order valence-electron chi connectivity index (χ4n) is 0.827. The lowest BCUT2D eigenvalue weighted by Crippen LogP contribution is -1.98. The molecule has 4 nitrogen and oxygen atoms in total. The van der Waals surface area contributed by atoms with Gasteiger partial charge in [0.1, 0.15) is 5.75 Å². The van der Waals surface area contributed by atoms with Crippen molar-refractivity contribution in [1.82, 2.24) is 0 Å². The minimum absolute atomic E-state index is 0.0225. The molecule has 5 heteroatoms. The van der Waals surface area contributed by atoms with Crippen molar-refractivity contribution in [3.63, 3.8) is 0 Å². The van der Waals surface area contributed by atoms with Crippen LogP contribution in [0.1, 0.15) is 5.56 Å². The number of phenolic OH excluding ortho intramolecular Hbond substituents is 1. The van der Waals surface area contributed by atoms with E-state index in [1.807, 2.05) is 0 Å². The number of phenols is 1. The lowest BCUT2D eigenvalue weighted by Gasteiger charge is -2.00. The molecule has 0 aliphatic carbocycles. The van der Waals surface area contributed by atoms with Gasteiger partial charge in [-0.25, -0.2) is 0 Å². The van der Waals surface area contributed by atoms with E-state index in [0.29, 0.717) is 10.0 Å². The molecule has 0 amide bonds. The van der Waals surface area contributed by atoms with Gasteiger partial charge in [0.15, 0.2) is 0 Å². The van der Waals surface area contributed by atoms with Gasteiger partial charge in [-0.15, -0.1) is 0 Å². The molecule has 0 heterocycles. The van der Waals surface area contributed by atoms with Crippen molar-refractivity contribution in [3.8, 4) is 5.75 Å². The van der Waals surface area contributed by atoms with E-state index in [1.165, 1.54) is 6.07 Å². The lowest BCUT2D eigenvalue weighted by atomic mass is 10.2. The maximum absolute atomic E-state index is 10.1. The summed E-state index contributed by atoms with van der Waals surface area (Å²) in [6, 6.07) is 4.62. The normalized spacial score (nSPS) is 9.75. The molecule has 1 aromatic carbocycles. The van der Waals surface area contributed by atoms with Gasteiger partial charge in [0.25, 0.3) is 0 Å². The highest BCUT2D eigenvalue weighted by Crippen LogP contribution is 2.27. The Morgan fingerprint density at radius 2 is 2.25 bits per heavy atom. The van der Waals surface area contributed by atoms with Crippen LogP contribution in [0.15, 0.2) is 22.7 Å². The second-order valence-corrected chi connectivity index (χ2v) is 3.03. The van der Waals surface area contributed by atoms with E-state index in [1.54, 1.807) is 12.1 Å². The third-order valence-electron chi connectivity index (χ3n) is 1.36. The molecule has 0 aliphatic heterocycles. The molecule has 1 rings (SSSR count). The summed E-state index contributed by atoms with van der Waals surface area (Å²) in [5, 5.41) is 19.3. The van der Waals surface area contributed by atoms with Crippen molar-refractivity contribution < 1.29 is 10.0 Å². The summed E-state index contributed by atoms with van der Waals surface area (Å²) < 4.78 is 0.390. The van der Waals surface area contributed by atoms with Gasteiger partial charge in [-0.1, -0.05) is 12.1 Å². The van der Waals surface area contributed by atoms with Crippen molar-refractivity contribution in [1.29, 1.82) is 0 Å². The van der Waals surface area contributed by atoms with Crippen molar-refractivity contribution in [2.45, 2.75) is 6.54 Å². The predicted molar refractivity (Wildman–Crippen MR) is 46.5 cm³/mol. The molecule has 0 radical (unpaired) electrons. The first-order chi connectivity index (χ1) is 5.61. The van der Waals surface area contributed by atoms with Crippen molar-refractivity contribution in [3.05, 3.63) is 38.3 Å². The smallest absolute Gasteiger partial charge is 0.230 e. The maximum Gasteiger partial charge on any atom is 0.230 e. The number of rotatable bonds is 2. The SMILES string of the molecule is O=[N+]([O-])Cc1cccc(O)c1Br. The number of halogens is 1. The van der Waals surface area contributed by atoms with Gasteiger partial charge in [-0.2, -0.15) is 0 Å². The van der Waals surface area contributed by atoms with Crippen molar-refractivity contribution >= 4 is 15.9 Å². The van der Waals surface area contributed by atoms with Crippen LogP contribution in [0.4, 0.5) is 0 Å². The quantitative estimate of drug-likeness (QED) is 0.625. The van der Waals surface area contributed by atoms with Crippen molar-refractivity contribution in [2.24, 2.45) is 0 Å². The highest BCUT2D eigenvalue weighted by molar-refractivity contribution is 9.10. The molecular formula is C7H6BrNO3. The highest BCUT2D eigenvalue weighted by atomic mass is 79.9. The van der Waals surface area contributed by atoms with Crippen LogP contribution in [-0.2, 0) is 6.54 Å². The monoisotopic (exact) mass is 231 g/mol. The van der Waals surface area contributed by atoms with E-state index >= 15 is 0 Å². The molecule has 0 fully saturated rings. The van der Waals surface area contributed by atoms with Gasteiger partial charge in [-0.05, 0) is 22.0 Å². The molecule has 0 aromatic heterocycles. The summed E-state index contributed by atoms with van der Waals surface area (Å²) in [5.74, 6) is 0.0225. The van der Waals surface area contributed by atoms with Crippen molar-refractivity contribution in [2.75, 3.05) is 0 Å². The Labute approximate surface area is 77.1 Å². The number of nitro groups is 1. The topological polar surface area (TPSA) is 63.4 Å². The van der Waals surface area contributed by atoms with Gasteiger partial charge < -0.3 is 5.11 Å². The average molecular weight is 232 g/mol. The summed E-state index contributed by atoms with van der Waals surface area (Å²) >= 11 is 3.05. The minimum atomic E-state index is -0.445. The van der Waals surface area contributed by atoms with Gasteiger partial charge in [-0.3, -0.25) is 10.1 Å². The molecule has 0 spiro atoms. The average Bonchev–Trinajstić information content (AvgIpc) is 1.98. The van der Waals surface area contributed by atoms with Gasteiger partial charge in [0.2, 0.25) is 6.54 Å². The first-order valence-corrected chi connectivity index (χ1v) is 3.98. The summed E-state index contributed by atoms with van der Waals surface area (Å²) in [4.78, 5) is 9.69. The first kappa shape index (κ1) is 8.99. The zero-order chi connectivity index (χ0) is 9.14. The maximum atomic E-state index is 10.1. The Bertz CT molecular complexity index is 314. The van der Waals surface area contributed by atoms with Gasteiger partial charge in [0.05, 0.1) is 4.47 Å². The number of hydrogen-bond donors (Lipinski definition) is 1. The van der Waals surface area contributed by atoms with E-state index in [9.17, 15) is 10.1 Å². The Kier molecular flexibility index (Phi) is 2.65. The molecule has 0 unspecified atom stereocenters.